The number of nitrogens with one attached hydrogen (secondary N) is 6. The molecule has 0 spiro atoms. The lowest BCUT2D eigenvalue weighted by Gasteiger charge is -2.25. The molecule has 19 nitrogen and oxygen atoms in total. The normalized spacial score (nSPS) is 13.8. The number of H-pyrrole nitrogens is 1. The maximum atomic E-state index is 13.8. The Bertz CT molecular complexity index is 1780. The first-order valence-electron chi connectivity index (χ1n) is 17.1. The fourth-order valence-corrected chi connectivity index (χ4v) is 5.42. The SMILES string of the molecule is NCCCC[C@H](NC(=O)[C@H](Cc1ccc(O)cc1)NC(=O)[C@@H](N)Cc1c[nH]c2ccccc12)C(=O)NCC(=O)N[C@@H](CC(N)=O)C(=O)N[C@@H](CO)C(=O)O. The van der Waals surface area contributed by atoms with E-state index in [0.717, 1.165) is 16.5 Å². The molecule has 0 radical (unpaired) electrons. The van der Waals surface area contributed by atoms with Crippen molar-refractivity contribution in [3.63, 3.8) is 0 Å². The molecule has 3 aromatic rings. The third-order valence-electron chi connectivity index (χ3n) is 8.32. The van der Waals surface area contributed by atoms with E-state index in [1.165, 1.54) is 12.1 Å². The van der Waals surface area contributed by atoms with Crippen LogP contribution in [0.2, 0.25) is 0 Å². The smallest absolute Gasteiger partial charge is 0.328 e. The van der Waals surface area contributed by atoms with E-state index >= 15 is 0 Å². The highest BCUT2D eigenvalue weighted by atomic mass is 16.4. The van der Waals surface area contributed by atoms with E-state index in [1.54, 1.807) is 18.3 Å². The molecule has 2 aromatic carbocycles. The van der Waals surface area contributed by atoms with Crippen molar-refractivity contribution in [1.29, 1.82) is 0 Å². The van der Waals surface area contributed by atoms with Crippen LogP contribution in [0.25, 0.3) is 10.9 Å². The van der Waals surface area contributed by atoms with E-state index in [-0.39, 0.29) is 25.0 Å². The van der Waals surface area contributed by atoms with Crippen LogP contribution >= 0.6 is 0 Å². The van der Waals surface area contributed by atoms with E-state index in [9.17, 15) is 43.8 Å². The molecule has 1 heterocycles. The topological polar surface area (TPSA) is 334 Å². The van der Waals surface area contributed by atoms with E-state index in [0.29, 0.717) is 24.9 Å². The number of nitrogens with two attached hydrogens (primary N) is 3. The Kier molecular flexibility index (Phi) is 16.4. The molecule has 15 N–H and O–H groups in total. The summed E-state index contributed by atoms with van der Waals surface area (Å²) in [6.07, 6.45) is 2.11. The van der Waals surface area contributed by atoms with Crippen LogP contribution in [0, 0.1) is 0 Å². The van der Waals surface area contributed by atoms with Gasteiger partial charge in [0.05, 0.1) is 25.6 Å². The van der Waals surface area contributed by atoms with Gasteiger partial charge in [-0.05, 0) is 61.6 Å². The van der Waals surface area contributed by atoms with Gasteiger partial charge in [0.2, 0.25) is 35.4 Å². The number of aliphatic hydroxyl groups excluding tert-OH is 1. The standard InChI is InChI=1S/C35H47N9O10/c36-12-4-3-7-25(32(50)40-17-30(48)41-27(15-29(38)47)34(52)44-28(18-45)35(53)54)42-33(51)26(13-19-8-10-21(46)11-9-19)43-31(49)23(37)14-20-16-39-24-6-2-1-5-22(20)24/h1-2,5-6,8-11,16,23,25-28,39,45-46H,3-4,7,12-15,17-18,36-37H2,(H2,38,47)(H,40,50)(H,41,48)(H,42,51)(H,43,49)(H,44,52)(H,53,54)/t23-,25-,26-,27-,28-/m0/s1. The first-order valence-corrected chi connectivity index (χ1v) is 17.1. The molecular formula is C35H47N9O10. The number of aromatic nitrogens is 1. The van der Waals surface area contributed by atoms with E-state index in [4.69, 9.17) is 22.3 Å². The van der Waals surface area contributed by atoms with E-state index in [2.05, 4.69) is 26.3 Å². The summed E-state index contributed by atoms with van der Waals surface area (Å²) in [5.74, 6) is -6.86. The molecule has 3 rings (SSSR count). The number of primary amides is 1. The number of para-hydroxylation sites is 1. The minimum absolute atomic E-state index is 0.0126. The molecule has 0 unspecified atom stereocenters. The number of amides is 6. The number of benzene rings is 2. The van der Waals surface area contributed by atoms with Gasteiger partial charge in [-0.1, -0.05) is 30.3 Å². The number of hydrogen-bond donors (Lipinski definition) is 12. The van der Waals surface area contributed by atoms with Crippen LogP contribution in [0.5, 0.6) is 5.75 Å². The second kappa shape index (κ2) is 20.9. The minimum atomic E-state index is -1.72. The number of carbonyl (C=O) groups is 7. The summed E-state index contributed by atoms with van der Waals surface area (Å²) in [5, 5.41) is 40.8. The Morgan fingerprint density at radius 3 is 2.06 bits per heavy atom. The fraction of sp³-hybridized carbons (Fsp3) is 0.400. The Labute approximate surface area is 309 Å². The highest BCUT2D eigenvalue weighted by Crippen LogP contribution is 2.19. The molecule has 6 amide bonds. The molecule has 292 valence electrons. The van der Waals surface area contributed by atoms with Crippen molar-refractivity contribution in [1.82, 2.24) is 31.6 Å². The lowest BCUT2D eigenvalue weighted by Crippen LogP contribution is -2.57. The van der Waals surface area contributed by atoms with Gasteiger partial charge in [-0.15, -0.1) is 0 Å². The molecule has 1 aromatic heterocycles. The van der Waals surface area contributed by atoms with Gasteiger partial charge < -0.3 is 64.1 Å². The number of phenolic OH excluding ortho intramolecular Hbond substituents is 1. The average molecular weight is 754 g/mol. The monoisotopic (exact) mass is 753 g/mol. The molecule has 19 heteroatoms. The maximum absolute atomic E-state index is 13.8. The zero-order valence-corrected chi connectivity index (χ0v) is 29.4. The van der Waals surface area contributed by atoms with Crippen LogP contribution in [0.4, 0.5) is 0 Å². The van der Waals surface area contributed by atoms with Gasteiger partial charge in [0.25, 0.3) is 0 Å². The summed E-state index contributed by atoms with van der Waals surface area (Å²) in [6, 6.07) is 6.59. The number of unbranched alkanes of at least 4 members (excludes halogenated alkanes) is 1. The van der Waals surface area contributed by atoms with Crippen molar-refractivity contribution >= 4 is 52.3 Å². The van der Waals surface area contributed by atoms with E-state index < -0.39 is 91.2 Å². The van der Waals surface area contributed by atoms with Gasteiger partial charge in [-0.2, -0.15) is 0 Å². The number of carboxylic acids is 1. The van der Waals surface area contributed by atoms with Crippen LogP contribution in [0.3, 0.4) is 0 Å². The molecular weight excluding hydrogens is 706 g/mol. The molecule has 0 aliphatic rings. The highest BCUT2D eigenvalue weighted by Gasteiger charge is 2.30. The third-order valence-corrected chi connectivity index (χ3v) is 8.32. The second-order valence-electron chi connectivity index (χ2n) is 12.5. The number of aromatic amines is 1. The first kappa shape index (κ1) is 42.4. The molecule has 0 aliphatic carbocycles. The third kappa shape index (κ3) is 13.2. The molecule has 0 aliphatic heterocycles. The van der Waals surface area contributed by atoms with Crippen LogP contribution in [0.15, 0.2) is 54.7 Å². The van der Waals surface area contributed by atoms with Crippen LogP contribution in [-0.4, -0.2) is 112 Å². The van der Waals surface area contributed by atoms with Gasteiger partial charge in [0.15, 0.2) is 0 Å². The Hall–Kier alpha value is -6.05. The zero-order valence-electron chi connectivity index (χ0n) is 29.4. The molecule has 0 bridgehead atoms. The summed E-state index contributed by atoms with van der Waals surface area (Å²) in [4.78, 5) is 91.7. The van der Waals surface area contributed by atoms with Crippen LogP contribution in [-0.2, 0) is 46.4 Å². The lowest BCUT2D eigenvalue weighted by atomic mass is 10.0. The Morgan fingerprint density at radius 2 is 1.41 bits per heavy atom. The van der Waals surface area contributed by atoms with Crippen molar-refractivity contribution in [3.05, 3.63) is 65.9 Å². The van der Waals surface area contributed by atoms with Crippen molar-refractivity contribution < 1.29 is 48.9 Å². The van der Waals surface area contributed by atoms with Crippen LogP contribution < -0.4 is 43.8 Å². The summed E-state index contributed by atoms with van der Waals surface area (Å²) in [7, 11) is 0. The summed E-state index contributed by atoms with van der Waals surface area (Å²) in [6.45, 7) is -1.41. The average Bonchev–Trinajstić information content (AvgIpc) is 3.54. The number of hydrogen-bond acceptors (Lipinski definition) is 11. The minimum Gasteiger partial charge on any atom is -0.508 e. The Morgan fingerprint density at radius 1 is 0.759 bits per heavy atom. The molecule has 0 saturated carbocycles. The number of aliphatic hydroxyl groups is 1. The van der Waals surface area contributed by atoms with Gasteiger partial charge in [-0.25, -0.2) is 4.79 Å². The number of phenols is 1. The van der Waals surface area contributed by atoms with Gasteiger partial charge >= 0.3 is 5.97 Å². The summed E-state index contributed by atoms with van der Waals surface area (Å²) in [5.41, 5.74) is 19.3. The lowest BCUT2D eigenvalue weighted by molar-refractivity contribution is -0.143. The van der Waals surface area contributed by atoms with Gasteiger partial charge in [-0.3, -0.25) is 28.8 Å². The number of rotatable bonds is 22. The van der Waals surface area contributed by atoms with Crippen molar-refractivity contribution in [2.24, 2.45) is 17.2 Å². The number of aliphatic carboxylic acids is 1. The van der Waals surface area contributed by atoms with Gasteiger partial charge in [0.1, 0.15) is 29.9 Å². The van der Waals surface area contributed by atoms with Crippen LogP contribution in [0.1, 0.15) is 36.8 Å². The number of aromatic hydroxyl groups is 1. The summed E-state index contributed by atoms with van der Waals surface area (Å²) >= 11 is 0. The quantitative estimate of drug-likeness (QED) is 0.0461. The first-order chi connectivity index (χ1) is 25.7. The zero-order chi connectivity index (χ0) is 39.8. The predicted octanol–water partition coefficient (Wildman–Crippen LogP) is -2.88. The number of carbonyl (C=O) groups excluding carboxylic acids is 6. The number of carboxylic acid groups (broad SMARTS) is 1. The van der Waals surface area contributed by atoms with Crippen molar-refractivity contribution in [2.75, 3.05) is 19.7 Å². The highest BCUT2D eigenvalue weighted by molar-refractivity contribution is 5.96. The number of fused-ring (bicyclic) bond motifs is 1. The van der Waals surface area contributed by atoms with Gasteiger partial charge in [0, 0.05) is 23.5 Å². The predicted molar refractivity (Wildman–Crippen MR) is 194 cm³/mol. The van der Waals surface area contributed by atoms with Crippen molar-refractivity contribution in [2.45, 2.75) is 68.7 Å². The second-order valence-corrected chi connectivity index (χ2v) is 12.5. The Balaban J connectivity index is 1.73. The molecule has 0 fully saturated rings. The summed E-state index contributed by atoms with van der Waals surface area (Å²) < 4.78 is 0. The largest absolute Gasteiger partial charge is 0.508 e. The molecule has 0 saturated heterocycles. The molecule has 54 heavy (non-hydrogen) atoms. The maximum Gasteiger partial charge on any atom is 0.328 e. The van der Waals surface area contributed by atoms with Crippen molar-refractivity contribution in [3.8, 4) is 5.75 Å². The van der Waals surface area contributed by atoms with E-state index in [1.807, 2.05) is 29.6 Å². The molecule has 5 atom stereocenters. The fourth-order valence-electron chi connectivity index (χ4n) is 5.42.